The Morgan fingerprint density at radius 1 is 1.43 bits per heavy atom. The summed E-state index contributed by atoms with van der Waals surface area (Å²) in [4.78, 5) is 21.8. The van der Waals surface area contributed by atoms with Crippen LogP contribution in [0.25, 0.3) is 0 Å². The van der Waals surface area contributed by atoms with Gasteiger partial charge in [-0.25, -0.2) is 4.39 Å². The molecule has 1 aliphatic carbocycles. The van der Waals surface area contributed by atoms with Gasteiger partial charge in [0.2, 0.25) is 0 Å². The maximum absolute atomic E-state index is 13.9. The topological polar surface area (TPSA) is 54.4 Å². The minimum atomic E-state index is -1.75. The summed E-state index contributed by atoms with van der Waals surface area (Å²) >= 11 is 0. The van der Waals surface area contributed by atoms with Gasteiger partial charge in [0.1, 0.15) is 0 Å². The van der Waals surface area contributed by atoms with Crippen LogP contribution in [-0.4, -0.2) is 22.5 Å². The summed E-state index contributed by atoms with van der Waals surface area (Å²) in [5.41, 5.74) is -1.75. The number of hydrogen-bond donors (Lipinski definition) is 1. The lowest BCUT2D eigenvalue weighted by Gasteiger charge is -2.30. The molecule has 1 rings (SSSR count). The van der Waals surface area contributed by atoms with Crippen molar-refractivity contribution in [3.05, 3.63) is 0 Å². The van der Waals surface area contributed by atoms with E-state index in [4.69, 9.17) is 5.11 Å². The van der Waals surface area contributed by atoms with E-state index in [1.807, 2.05) is 0 Å². The molecule has 1 N–H and O–H groups in total. The summed E-state index contributed by atoms with van der Waals surface area (Å²) in [7, 11) is 0. The zero-order chi connectivity index (χ0) is 10.8. The molecule has 80 valence electrons. The molecule has 0 unspecified atom stereocenters. The van der Waals surface area contributed by atoms with Crippen molar-refractivity contribution in [2.75, 3.05) is 0 Å². The molecule has 0 spiro atoms. The molecule has 1 fully saturated rings. The predicted molar refractivity (Wildman–Crippen MR) is 48.7 cm³/mol. The summed E-state index contributed by atoms with van der Waals surface area (Å²) < 4.78 is 13.9. The molecule has 0 aromatic rings. The number of rotatable bonds is 3. The summed E-state index contributed by atoms with van der Waals surface area (Å²) in [6, 6.07) is 0. The van der Waals surface area contributed by atoms with E-state index in [-0.39, 0.29) is 37.9 Å². The van der Waals surface area contributed by atoms with Crippen LogP contribution in [0.4, 0.5) is 4.39 Å². The molecule has 3 nitrogen and oxygen atoms in total. The molecular weight excluding hydrogens is 187 g/mol. The molecular formula is C10H15FO3. The zero-order valence-electron chi connectivity index (χ0n) is 8.25. The third-order valence-corrected chi connectivity index (χ3v) is 2.95. The van der Waals surface area contributed by atoms with Gasteiger partial charge in [-0.3, -0.25) is 9.59 Å². The Kier molecular flexibility index (Phi) is 3.24. The molecule has 0 aliphatic heterocycles. The van der Waals surface area contributed by atoms with E-state index in [2.05, 4.69) is 0 Å². The minimum absolute atomic E-state index is 0.0661. The van der Waals surface area contributed by atoms with Crippen LogP contribution in [0, 0.1) is 5.92 Å². The number of hydrogen-bond acceptors (Lipinski definition) is 2. The molecule has 1 aliphatic rings. The van der Waals surface area contributed by atoms with Crippen molar-refractivity contribution < 1.29 is 19.1 Å². The van der Waals surface area contributed by atoms with Crippen molar-refractivity contribution >= 4 is 11.8 Å². The van der Waals surface area contributed by atoms with Crippen molar-refractivity contribution in [2.45, 2.75) is 44.7 Å². The van der Waals surface area contributed by atoms with Crippen LogP contribution in [0.5, 0.6) is 0 Å². The lowest BCUT2D eigenvalue weighted by molar-refractivity contribution is -0.146. The molecule has 0 bridgehead atoms. The van der Waals surface area contributed by atoms with E-state index in [1.165, 1.54) is 0 Å². The number of halogens is 1. The summed E-state index contributed by atoms with van der Waals surface area (Å²) in [5.74, 6) is -1.74. The maximum Gasteiger partial charge on any atom is 0.306 e. The van der Waals surface area contributed by atoms with Gasteiger partial charge in [0.15, 0.2) is 11.5 Å². The first-order valence-electron chi connectivity index (χ1n) is 4.94. The van der Waals surface area contributed by atoms with Gasteiger partial charge in [-0.05, 0) is 25.7 Å². The van der Waals surface area contributed by atoms with Crippen LogP contribution < -0.4 is 0 Å². The average molecular weight is 202 g/mol. The molecule has 1 saturated carbocycles. The van der Waals surface area contributed by atoms with Crippen molar-refractivity contribution in [3.8, 4) is 0 Å². The van der Waals surface area contributed by atoms with Gasteiger partial charge < -0.3 is 5.11 Å². The second-order valence-corrected chi connectivity index (χ2v) is 3.85. The highest BCUT2D eigenvalue weighted by Crippen LogP contribution is 2.36. The van der Waals surface area contributed by atoms with Crippen LogP contribution in [0.1, 0.15) is 39.0 Å². The van der Waals surface area contributed by atoms with Gasteiger partial charge in [0.25, 0.3) is 0 Å². The normalized spacial score (nSPS) is 32.6. The van der Waals surface area contributed by atoms with Gasteiger partial charge in [-0.2, -0.15) is 0 Å². The van der Waals surface area contributed by atoms with E-state index < -0.39 is 17.6 Å². The van der Waals surface area contributed by atoms with Crippen LogP contribution >= 0.6 is 0 Å². The number of Topliss-reactive ketones (excluding diaryl/α,β-unsaturated/α-hetero) is 1. The van der Waals surface area contributed by atoms with E-state index in [0.717, 1.165) is 0 Å². The SMILES string of the molecule is CCC(=O)[C@]1(F)CC[C@@H](C(=O)O)CC1. The second kappa shape index (κ2) is 4.07. The fraction of sp³-hybridized carbons (Fsp3) is 0.800. The maximum atomic E-state index is 13.9. The van der Waals surface area contributed by atoms with Crippen molar-refractivity contribution in [1.29, 1.82) is 0 Å². The van der Waals surface area contributed by atoms with Crippen LogP contribution in [-0.2, 0) is 9.59 Å². The fourth-order valence-corrected chi connectivity index (χ4v) is 1.92. The van der Waals surface area contributed by atoms with Crippen LogP contribution in [0.2, 0.25) is 0 Å². The fourth-order valence-electron chi connectivity index (χ4n) is 1.92. The Labute approximate surface area is 82.3 Å². The van der Waals surface area contributed by atoms with Gasteiger partial charge in [-0.15, -0.1) is 0 Å². The Bertz CT molecular complexity index is 242. The predicted octanol–water partition coefficient (Wildman–Crippen LogP) is 1.95. The Balaban J connectivity index is 2.57. The summed E-state index contributed by atoms with van der Waals surface area (Å²) in [6.45, 7) is 1.63. The number of ketones is 1. The molecule has 0 amide bonds. The number of carbonyl (C=O) groups excluding carboxylic acids is 1. The highest BCUT2D eigenvalue weighted by Gasteiger charge is 2.42. The summed E-state index contributed by atoms with van der Waals surface area (Å²) in [6.07, 6.45) is 0.872. The highest BCUT2D eigenvalue weighted by atomic mass is 19.1. The molecule has 14 heavy (non-hydrogen) atoms. The standard InChI is InChI=1S/C10H15FO3/c1-2-8(12)10(11)5-3-7(4-6-10)9(13)14/h7H,2-6H2,1H3,(H,13,14)/t7-,10+. The molecule has 0 radical (unpaired) electrons. The van der Waals surface area contributed by atoms with Crippen molar-refractivity contribution in [2.24, 2.45) is 5.92 Å². The third kappa shape index (κ3) is 2.11. The van der Waals surface area contributed by atoms with Crippen molar-refractivity contribution in [1.82, 2.24) is 0 Å². The smallest absolute Gasteiger partial charge is 0.306 e. The molecule has 0 aromatic carbocycles. The molecule has 0 atom stereocenters. The van der Waals surface area contributed by atoms with E-state index in [1.54, 1.807) is 6.92 Å². The highest BCUT2D eigenvalue weighted by molar-refractivity contribution is 5.87. The van der Waals surface area contributed by atoms with E-state index in [0.29, 0.717) is 0 Å². The Morgan fingerprint density at radius 2 is 1.93 bits per heavy atom. The molecule has 4 heteroatoms. The van der Waals surface area contributed by atoms with Gasteiger partial charge in [0, 0.05) is 6.42 Å². The number of carbonyl (C=O) groups is 2. The largest absolute Gasteiger partial charge is 0.481 e. The number of aliphatic carboxylic acids is 1. The first kappa shape index (κ1) is 11.1. The molecule has 0 heterocycles. The monoisotopic (exact) mass is 202 g/mol. The average Bonchev–Trinajstić information content (AvgIpc) is 2.17. The van der Waals surface area contributed by atoms with Crippen LogP contribution in [0.15, 0.2) is 0 Å². The van der Waals surface area contributed by atoms with Crippen molar-refractivity contribution in [3.63, 3.8) is 0 Å². The number of carboxylic acids is 1. The van der Waals surface area contributed by atoms with E-state index >= 15 is 0 Å². The molecule has 0 saturated heterocycles. The first-order valence-corrected chi connectivity index (χ1v) is 4.94. The quantitative estimate of drug-likeness (QED) is 0.761. The number of alkyl halides is 1. The van der Waals surface area contributed by atoms with Gasteiger partial charge >= 0.3 is 5.97 Å². The molecule has 0 aromatic heterocycles. The number of carboxylic acid groups (broad SMARTS) is 1. The lowest BCUT2D eigenvalue weighted by Crippen LogP contribution is -2.39. The van der Waals surface area contributed by atoms with Crippen LogP contribution in [0.3, 0.4) is 0 Å². The van der Waals surface area contributed by atoms with Gasteiger partial charge in [-0.1, -0.05) is 6.92 Å². The van der Waals surface area contributed by atoms with Gasteiger partial charge in [0.05, 0.1) is 5.92 Å². The Morgan fingerprint density at radius 3 is 2.29 bits per heavy atom. The first-order chi connectivity index (χ1) is 6.49. The summed E-state index contributed by atoms with van der Waals surface area (Å²) in [5, 5.41) is 8.70. The third-order valence-electron chi connectivity index (χ3n) is 2.95. The minimum Gasteiger partial charge on any atom is -0.481 e. The van der Waals surface area contributed by atoms with E-state index in [9.17, 15) is 14.0 Å². The second-order valence-electron chi connectivity index (χ2n) is 3.85. The zero-order valence-corrected chi connectivity index (χ0v) is 8.25. The lowest BCUT2D eigenvalue weighted by atomic mass is 9.77. The Hall–Kier alpha value is -0.930.